The zero-order valence-electron chi connectivity index (χ0n) is 28.7. The van der Waals surface area contributed by atoms with Gasteiger partial charge in [0, 0.05) is 62.5 Å². The lowest BCUT2D eigenvalue weighted by Gasteiger charge is -2.32. The topological polar surface area (TPSA) is 145 Å². The molecule has 1 saturated heterocycles. The van der Waals surface area contributed by atoms with Crippen molar-refractivity contribution in [3.8, 4) is 28.0 Å². The van der Waals surface area contributed by atoms with Crippen LogP contribution in [0.15, 0.2) is 70.5 Å². The summed E-state index contributed by atoms with van der Waals surface area (Å²) in [5.74, 6) is -0.315. The highest BCUT2D eigenvalue weighted by Crippen LogP contribution is 2.45. The predicted octanol–water partition coefficient (Wildman–Crippen LogP) is 5.35. The molecule has 1 fully saturated rings. The quantitative estimate of drug-likeness (QED) is 0.229. The van der Waals surface area contributed by atoms with Crippen molar-refractivity contribution in [1.29, 1.82) is 0 Å². The highest BCUT2D eigenvalue weighted by atomic mass is 32.2. The highest BCUT2D eigenvalue weighted by molar-refractivity contribution is 7.86. The first-order chi connectivity index (χ1) is 23.5. The second-order valence-electron chi connectivity index (χ2n) is 13.3. The van der Waals surface area contributed by atoms with Crippen LogP contribution in [0.3, 0.4) is 0 Å². The number of hydrogen-bond donors (Lipinski definition) is 2. The molecule has 2 aliphatic rings. The molecule has 2 N–H and O–H groups in total. The Labute approximate surface area is 293 Å². The Morgan fingerprint density at radius 3 is 1.84 bits per heavy atom. The highest BCUT2D eigenvalue weighted by Gasteiger charge is 2.33. The first kappa shape index (κ1) is 35.7. The number of ether oxygens (including phenoxy) is 1. The van der Waals surface area contributed by atoms with Gasteiger partial charge in [0.1, 0.15) is 15.5 Å². The van der Waals surface area contributed by atoms with Gasteiger partial charge in [-0.2, -0.15) is 16.8 Å². The van der Waals surface area contributed by atoms with E-state index in [2.05, 4.69) is 29.0 Å². The molecule has 4 aromatic rings. The van der Waals surface area contributed by atoms with Crippen molar-refractivity contribution < 1.29 is 35.5 Å². The summed E-state index contributed by atoms with van der Waals surface area (Å²) in [6.45, 7) is 10.6. The number of hydrogen-bond acceptors (Lipinski definition) is 8. The lowest BCUT2D eigenvalue weighted by Crippen LogP contribution is -2.43. The van der Waals surface area contributed by atoms with Crippen LogP contribution in [-0.4, -0.2) is 86.9 Å². The van der Waals surface area contributed by atoms with E-state index in [4.69, 9.17) is 4.74 Å². The fourth-order valence-corrected chi connectivity index (χ4v) is 8.36. The molecular formula is C37H41N3O8S2. The zero-order chi connectivity index (χ0) is 36.1. The van der Waals surface area contributed by atoms with E-state index in [0.717, 1.165) is 49.4 Å². The van der Waals surface area contributed by atoms with Crippen LogP contribution in [0.5, 0.6) is 5.75 Å². The average molecular weight is 720 g/mol. The van der Waals surface area contributed by atoms with Gasteiger partial charge in [-0.1, -0.05) is 53.6 Å². The van der Waals surface area contributed by atoms with Crippen LogP contribution in [0.4, 0.5) is 0 Å². The van der Waals surface area contributed by atoms with Gasteiger partial charge in [0.2, 0.25) is 0 Å². The smallest absolute Gasteiger partial charge is 0.295 e. The molecule has 0 spiro atoms. The van der Waals surface area contributed by atoms with E-state index < -0.39 is 31.0 Å². The first-order valence-corrected chi connectivity index (χ1v) is 19.1. The molecule has 264 valence electrons. The van der Waals surface area contributed by atoms with Crippen LogP contribution in [0, 0.1) is 20.8 Å². The Morgan fingerprint density at radius 1 is 0.720 bits per heavy atom. The van der Waals surface area contributed by atoms with Crippen molar-refractivity contribution in [3.63, 3.8) is 0 Å². The minimum atomic E-state index is -4.78. The Bertz CT molecular complexity index is 2230. The van der Waals surface area contributed by atoms with E-state index in [1.54, 1.807) is 43.9 Å². The van der Waals surface area contributed by atoms with Gasteiger partial charge in [0.15, 0.2) is 0 Å². The number of aryl methyl sites for hydroxylation is 2. The minimum absolute atomic E-state index is 0.0441. The first-order valence-electron chi connectivity index (χ1n) is 16.2. The number of likely N-dealkylation sites (N-methyl/N-ethyl adjacent to an activating group) is 1. The van der Waals surface area contributed by atoms with Gasteiger partial charge >= 0.3 is 0 Å². The number of piperazine rings is 1. The summed E-state index contributed by atoms with van der Waals surface area (Å²) < 4.78 is 76.9. The normalized spacial score (nSPS) is 15.7. The van der Waals surface area contributed by atoms with Crippen molar-refractivity contribution in [2.75, 3.05) is 40.3 Å². The number of carbonyl (C=O) groups is 1. The van der Waals surface area contributed by atoms with Gasteiger partial charge in [0.05, 0.1) is 12.7 Å². The number of fused-ring (bicyclic) bond motifs is 1. The molecule has 0 aliphatic carbocycles. The van der Waals surface area contributed by atoms with Gasteiger partial charge in [-0.15, -0.1) is 0 Å². The Morgan fingerprint density at radius 2 is 1.28 bits per heavy atom. The molecule has 1 amide bonds. The SMILES string of the molecule is COc1c(C)c(-c2cc(C)ccc2S(=O)(=O)O)cc(-c2cc(C)ccc2S(=O)(=O)O)c1C(=O)N1Cc2ccc(CN3CCN(C)CC3)cc2C1. The monoisotopic (exact) mass is 719 g/mol. The van der Waals surface area contributed by atoms with E-state index in [1.165, 1.54) is 31.4 Å². The average Bonchev–Trinajstić information content (AvgIpc) is 3.47. The maximum Gasteiger partial charge on any atom is 0.295 e. The summed E-state index contributed by atoms with van der Waals surface area (Å²) in [4.78, 5) is 20.3. The van der Waals surface area contributed by atoms with Crippen molar-refractivity contribution in [2.24, 2.45) is 0 Å². The second kappa shape index (κ2) is 13.5. The van der Waals surface area contributed by atoms with Crippen LogP contribution in [0.2, 0.25) is 0 Å². The van der Waals surface area contributed by atoms with E-state index in [-0.39, 0.29) is 32.9 Å². The summed E-state index contributed by atoms with van der Waals surface area (Å²) >= 11 is 0. The Hall–Kier alpha value is -4.11. The predicted molar refractivity (Wildman–Crippen MR) is 190 cm³/mol. The molecule has 2 heterocycles. The van der Waals surface area contributed by atoms with Crippen LogP contribution < -0.4 is 4.74 Å². The van der Waals surface area contributed by atoms with Crippen molar-refractivity contribution in [1.82, 2.24) is 14.7 Å². The van der Waals surface area contributed by atoms with Gasteiger partial charge < -0.3 is 14.5 Å². The standard InChI is InChI=1S/C37H41N3O8S2/c1-23-6-10-33(49(42,43)44)30(16-23)29-19-32(31-17-24(2)7-11-34(31)50(45,46)47)35(36(48-5)25(29)3)37(41)40-21-27-9-8-26(18-28(27)22-40)20-39-14-12-38(4)13-15-39/h6-11,16-19H,12-15,20-22H2,1-5H3,(H,42,43,44)(H,45,46,47). The maximum atomic E-state index is 14.7. The number of nitrogens with zero attached hydrogens (tertiary/aromatic N) is 3. The number of benzene rings is 4. The summed E-state index contributed by atoms with van der Waals surface area (Å²) in [6.07, 6.45) is 0. The molecule has 0 radical (unpaired) electrons. The third-order valence-electron chi connectivity index (χ3n) is 9.64. The third-order valence-corrected chi connectivity index (χ3v) is 11.5. The number of amides is 1. The number of carbonyl (C=O) groups excluding carboxylic acids is 1. The maximum absolute atomic E-state index is 14.7. The van der Waals surface area contributed by atoms with Gasteiger partial charge in [0.25, 0.3) is 26.1 Å². The van der Waals surface area contributed by atoms with Crippen molar-refractivity contribution in [3.05, 3.63) is 99.6 Å². The summed E-state index contributed by atoms with van der Waals surface area (Å²) in [5.41, 5.74) is 5.61. The summed E-state index contributed by atoms with van der Waals surface area (Å²) in [7, 11) is -5.96. The second-order valence-corrected chi connectivity index (χ2v) is 16.1. The third kappa shape index (κ3) is 7.07. The van der Waals surface area contributed by atoms with Crippen molar-refractivity contribution in [2.45, 2.75) is 50.2 Å². The molecule has 0 atom stereocenters. The van der Waals surface area contributed by atoms with E-state index in [9.17, 15) is 30.7 Å². The molecule has 0 unspecified atom stereocenters. The molecule has 13 heteroatoms. The summed E-state index contributed by atoms with van der Waals surface area (Å²) in [6, 6.07) is 16.6. The molecular weight excluding hydrogens is 679 g/mol. The van der Waals surface area contributed by atoms with Gasteiger partial charge in [-0.05, 0) is 73.8 Å². The molecule has 0 bridgehead atoms. The van der Waals surface area contributed by atoms with E-state index in [1.807, 2.05) is 6.07 Å². The molecule has 0 aromatic heterocycles. The van der Waals surface area contributed by atoms with Crippen LogP contribution in [-0.2, 0) is 39.9 Å². The van der Waals surface area contributed by atoms with E-state index in [0.29, 0.717) is 35.3 Å². The lowest BCUT2D eigenvalue weighted by atomic mass is 9.88. The molecule has 6 rings (SSSR count). The lowest BCUT2D eigenvalue weighted by molar-refractivity contribution is 0.0748. The molecule has 50 heavy (non-hydrogen) atoms. The largest absolute Gasteiger partial charge is 0.496 e. The van der Waals surface area contributed by atoms with Gasteiger partial charge in [-0.3, -0.25) is 18.8 Å². The number of rotatable bonds is 8. The molecule has 11 nitrogen and oxygen atoms in total. The fraction of sp³-hybridized carbons (Fsp3) is 0.324. The molecule has 4 aromatic carbocycles. The Kier molecular flexibility index (Phi) is 9.68. The van der Waals surface area contributed by atoms with E-state index >= 15 is 0 Å². The molecule has 0 saturated carbocycles. The summed E-state index contributed by atoms with van der Waals surface area (Å²) in [5, 5.41) is 0. The zero-order valence-corrected chi connectivity index (χ0v) is 30.4. The van der Waals surface area contributed by atoms with Crippen LogP contribution in [0.1, 0.15) is 43.7 Å². The minimum Gasteiger partial charge on any atom is -0.496 e. The van der Waals surface area contributed by atoms with Gasteiger partial charge in [-0.25, -0.2) is 0 Å². The van der Waals surface area contributed by atoms with Crippen molar-refractivity contribution >= 4 is 26.1 Å². The Balaban J connectivity index is 1.50. The number of methoxy groups -OCH3 is 1. The van der Waals surface area contributed by atoms with Crippen LogP contribution in [0.25, 0.3) is 22.3 Å². The molecule has 2 aliphatic heterocycles. The van der Waals surface area contributed by atoms with Crippen LogP contribution >= 0.6 is 0 Å². The fourth-order valence-electron chi connectivity index (χ4n) is 6.99.